The predicted molar refractivity (Wildman–Crippen MR) is 412 cm³/mol. The number of benzene rings is 7. The van der Waals surface area contributed by atoms with Crippen molar-refractivity contribution in [3.05, 3.63) is 183 Å². The second-order valence-electron chi connectivity index (χ2n) is 38.0. The third-order valence-corrected chi connectivity index (χ3v) is 19.3. The highest BCUT2D eigenvalue weighted by Crippen LogP contribution is 2.48. The van der Waals surface area contributed by atoms with Gasteiger partial charge in [0, 0.05) is 44.2 Å². The van der Waals surface area contributed by atoms with Crippen molar-refractivity contribution >= 4 is 21.8 Å². The molecule has 0 amide bonds. The lowest BCUT2D eigenvalue weighted by molar-refractivity contribution is 0.549. The zero-order chi connectivity index (χ0) is 71.8. The molecule has 0 fully saturated rings. The molecule has 0 N–H and O–H groups in total. The lowest BCUT2D eigenvalue weighted by Crippen LogP contribution is -2.24. The monoisotopic (exact) mass is 1290 g/mol. The average molecular weight is 1290 g/mol. The highest BCUT2D eigenvalue weighted by atomic mass is 15.1. The van der Waals surface area contributed by atoms with E-state index in [1.807, 2.05) is 12.1 Å². The fourth-order valence-electron chi connectivity index (χ4n) is 13.1. The van der Waals surface area contributed by atoms with Gasteiger partial charge in [-0.05, 0) is 177 Å². The molecule has 8 heteroatoms. The summed E-state index contributed by atoms with van der Waals surface area (Å²) in [5, 5.41) is 12.9. The standard InChI is InChI=1S/C89H110N8/c1-80(2,3)56-40-54(41-57(45-56)81(4,5)6)75-91-76(55-42-58(82(7,8)9)46-59(43-55)83(10,11)12)93-77(92-75)64-39-52(51-90)35-37-71(64)97-69-34-32-31-33-62(69)63-44-53(36-38-70(63)97)74-94-78(72-65(86(19,20)21)47-60(84(13,14)15)48-66(72)87(22,23)24)96-79(95-74)73-67(88(25,26)27)49-61(85(16,17)18)50-68(73)89(28,29)30/h31-50H,1-30H3. The van der Waals surface area contributed by atoms with E-state index in [9.17, 15) is 5.26 Å². The summed E-state index contributed by atoms with van der Waals surface area (Å²) in [7, 11) is 0. The molecule has 7 aromatic carbocycles. The molecule has 0 spiro atoms. The van der Waals surface area contributed by atoms with Crippen LogP contribution in [0.4, 0.5) is 0 Å². The molecule has 0 atom stereocenters. The molecule has 8 nitrogen and oxygen atoms in total. The van der Waals surface area contributed by atoms with E-state index < -0.39 is 0 Å². The SMILES string of the molecule is CC(C)(C)c1cc(-c2nc(-c3cc(C(C)(C)C)cc(C(C)(C)C)c3)nc(-c3cc(C#N)ccc3-n3c4ccccc4c4cc(-c5nc(-c6c(C(C)(C)C)cc(C(C)(C)C)cc6C(C)(C)C)nc(-c6c(C(C)(C)C)cc(C(C)(C)C)cc6C(C)(C)C)n5)ccc43)n2)cc(C(C)(C)C)c1. The van der Waals surface area contributed by atoms with Gasteiger partial charge in [0.05, 0.1) is 28.4 Å². The van der Waals surface area contributed by atoms with Gasteiger partial charge in [-0.1, -0.05) is 262 Å². The number of fused-ring (bicyclic) bond motifs is 3. The molecule has 3 heterocycles. The number of nitrogens with zero attached hydrogens (tertiary/aromatic N) is 8. The van der Waals surface area contributed by atoms with Crippen LogP contribution in [0.1, 0.15) is 269 Å². The molecule has 0 aliphatic heterocycles. The van der Waals surface area contributed by atoms with Crippen molar-refractivity contribution < 1.29 is 0 Å². The van der Waals surface area contributed by atoms with E-state index in [1.54, 1.807) is 0 Å². The van der Waals surface area contributed by atoms with Gasteiger partial charge < -0.3 is 4.57 Å². The van der Waals surface area contributed by atoms with E-state index in [2.05, 4.69) is 328 Å². The Kier molecular flexibility index (Phi) is 17.8. The summed E-state index contributed by atoms with van der Waals surface area (Å²) in [6.45, 7) is 68.8. The van der Waals surface area contributed by atoms with Gasteiger partial charge in [-0.3, -0.25) is 0 Å². The van der Waals surface area contributed by atoms with Gasteiger partial charge in [-0.25, -0.2) is 29.9 Å². The van der Waals surface area contributed by atoms with Crippen LogP contribution in [0.15, 0.2) is 121 Å². The van der Waals surface area contributed by atoms with Gasteiger partial charge in [0.1, 0.15) is 0 Å². The van der Waals surface area contributed by atoms with Crippen LogP contribution in [-0.4, -0.2) is 34.5 Å². The van der Waals surface area contributed by atoms with Crippen LogP contribution < -0.4 is 0 Å². The first-order valence-corrected chi connectivity index (χ1v) is 35.2. The Morgan fingerprint density at radius 2 is 0.598 bits per heavy atom. The van der Waals surface area contributed by atoms with Gasteiger partial charge in [0.2, 0.25) is 0 Å². The number of nitriles is 1. The molecular weight excluding hydrogens is 1180 g/mol. The molecule has 506 valence electrons. The fourth-order valence-corrected chi connectivity index (χ4v) is 13.1. The first kappa shape index (κ1) is 71.6. The van der Waals surface area contributed by atoms with E-state index >= 15 is 0 Å². The molecule has 0 aliphatic carbocycles. The van der Waals surface area contributed by atoms with Crippen LogP contribution in [0, 0.1) is 11.3 Å². The molecule has 0 saturated heterocycles. The van der Waals surface area contributed by atoms with Crippen molar-refractivity contribution in [3.63, 3.8) is 0 Å². The van der Waals surface area contributed by atoms with Gasteiger partial charge in [-0.2, -0.15) is 5.26 Å². The summed E-state index contributed by atoms with van der Waals surface area (Å²) in [6.07, 6.45) is 0. The van der Waals surface area contributed by atoms with Crippen molar-refractivity contribution in [3.8, 4) is 80.1 Å². The number of aromatic nitrogens is 7. The Morgan fingerprint density at radius 3 is 0.959 bits per heavy atom. The Hall–Kier alpha value is -8.15. The molecule has 0 radical (unpaired) electrons. The van der Waals surface area contributed by atoms with Crippen LogP contribution >= 0.6 is 0 Å². The van der Waals surface area contributed by atoms with Gasteiger partial charge in [-0.15, -0.1) is 0 Å². The van der Waals surface area contributed by atoms with Crippen LogP contribution in [0.3, 0.4) is 0 Å². The van der Waals surface area contributed by atoms with Gasteiger partial charge in [0.15, 0.2) is 34.9 Å². The molecule has 97 heavy (non-hydrogen) atoms. The molecular formula is C89H110N8. The summed E-state index contributed by atoms with van der Waals surface area (Å²) >= 11 is 0. The second kappa shape index (κ2) is 24.1. The first-order chi connectivity index (χ1) is 44.3. The number of hydrogen-bond acceptors (Lipinski definition) is 7. The maximum atomic E-state index is 10.9. The molecule has 0 aliphatic rings. The molecule has 10 rings (SSSR count). The quantitative estimate of drug-likeness (QED) is 0.156. The Balaban J connectivity index is 1.31. The van der Waals surface area contributed by atoms with E-state index in [4.69, 9.17) is 29.9 Å². The lowest BCUT2D eigenvalue weighted by atomic mass is 9.71. The number of rotatable bonds is 7. The van der Waals surface area contributed by atoms with Crippen molar-refractivity contribution in [1.29, 1.82) is 5.26 Å². The molecule has 10 aromatic rings. The Bertz CT molecular complexity index is 4430. The molecule has 3 aromatic heterocycles. The van der Waals surface area contributed by atoms with E-state index in [0.717, 1.165) is 55.3 Å². The first-order valence-electron chi connectivity index (χ1n) is 35.2. The van der Waals surface area contributed by atoms with Gasteiger partial charge in [0.25, 0.3) is 0 Å². The fraction of sp³-hybridized carbons (Fsp3) is 0.449. The van der Waals surface area contributed by atoms with Crippen LogP contribution in [-0.2, 0) is 54.1 Å². The third kappa shape index (κ3) is 14.6. The minimum atomic E-state index is -0.277. The second-order valence-corrected chi connectivity index (χ2v) is 38.0. The number of para-hydroxylation sites is 1. The predicted octanol–water partition coefficient (Wildman–Crippen LogP) is 24.0. The molecule has 0 unspecified atom stereocenters. The van der Waals surface area contributed by atoms with Crippen molar-refractivity contribution in [1.82, 2.24) is 34.5 Å². The average Bonchev–Trinajstić information content (AvgIpc) is 1.49. The summed E-state index contributed by atoms with van der Waals surface area (Å²) < 4.78 is 2.32. The minimum absolute atomic E-state index is 0.111. The topological polar surface area (TPSA) is 106 Å². The Labute approximate surface area is 582 Å². The van der Waals surface area contributed by atoms with Crippen LogP contribution in [0.5, 0.6) is 0 Å². The summed E-state index contributed by atoms with van der Waals surface area (Å²) in [4.78, 5) is 34.0. The van der Waals surface area contributed by atoms with E-state index in [-0.39, 0.29) is 54.1 Å². The highest BCUT2D eigenvalue weighted by molar-refractivity contribution is 6.11. The normalized spacial score (nSPS) is 13.5. The largest absolute Gasteiger partial charge is 0.308 e. The van der Waals surface area contributed by atoms with Crippen molar-refractivity contribution in [2.45, 2.75) is 262 Å². The van der Waals surface area contributed by atoms with Crippen molar-refractivity contribution in [2.24, 2.45) is 0 Å². The maximum absolute atomic E-state index is 10.9. The molecule has 0 saturated carbocycles. The summed E-state index contributed by atoms with van der Waals surface area (Å²) in [5.74, 6) is 3.52. The van der Waals surface area contributed by atoms with E-state index in [1.165, 1.54) is 55.6 Å². The lowest BCUT2D eigenvalue weighted by Gasteiger charge is -2.34. The molecule has 0 bridgehead atoms. The zero-order valence-corrected chi connectivity index (χ0v) is 64.6. The van der Waals surface area contributed by atoms with Gasteiger partial charge >= 0.3 is 0 Å². The summed E-state index contributed by atoms with van der Waals surface area (Å²) in [6, 6.07) is 47.1. The van der Waals surface area contributed by atoms with Crippen LogP contribution in [0.2, 0.25) is 0 Å². The smallest absolute Gasteiger partial charge is 0.166 e. The summed E-state index contributed by atoms with van der Waals surface area (Å²) in [5.41, 5.74) is 19.0. The van der Waals surface area contributed by atoms with Crippen molar-refractivity contribution in [2.75, 3.05) is 0 Å². The minimum Gasteiger partial charge on any atom is -0.308 e. The Morgan fingerprint density at radius 1 is 0.278 bits per heavy atom. The highest BCUT2D eigenvalue weighted by Gasteiger charge is 2.36. The third-order valence-electron chi connectivity index (χ3n) is 19.3. The van der Waals surface area contributed by atoms with E-state index in [0.29, 0.717) is 46.1 Å². The maximum Gasteiger partial charge on any atom is 0.166 e. The zero-order valence-electron chi connectivity index (χ0n) is 64.6. The van der Waals surface area contributed by atoms with Crippen LogP contribution in [0.25, 0.3) is 95.8 Å². The number of hydrogen-bond donors (Lipinski definition) is 0.